The van der Waals surface area contributed by atoms with Gasteiger partial charge in [0, 0.05) is 7.11 Å². The van der Waals surface area contributed by atoms with Gasteiger partial charge >= 0.3 is 0 Å². The Labute approximate surface area is 72.4 Å². The van der Waals surface area contributed by atoms with E-state index in [2.05, 4.69) is 0 Å². The Hall–Kier alpha value is -1.28. The molecule has 0 N–H and O–H groups in total. The third-order valence-corrected chi connectivity index (χ3v) is 1.34. The molecule has 0 spiro atoms. The Bertz CT molecular complexity index is 229. The normalized spacial score (nSPS) is 10.4. The minimum absolute atomic E-state index is 0.295. The van der Waals surface area contributed by atoms with Crippen LogP contribution in [0.25, 0.3) is 6.08 Å². The molecule has 0 saturated carbocycles. The number of hydrogen-bond acceptors (Lipinski definition) is 2. The van der Waals surface area contributed by atoms with Gasteiger partial charge in [-0.1, -0.05) is 30.3 Å². The zero-order valence-electron chi connectivity index (χ0n) is 7.07. The molecule has 0 atom stereocenters. The van der Waals surface area contributed by atoms with E-state index < -0.39 is 0 Å². The second kappa shape index (κ2) is 5.38. The molecular formula is C10H12O2. The Morgan fingerprint density at radius 3 is 2.67 bits per heavy atom. The second-order valence-corrected chi connectivity index (χ2v) is 2.29. The molecule has 1 rings (SSSR count). The van der Waals surface area contributed by atoms with E-state index in [0.717, 1.165) is 5.56 Å². The summed E-state index contributed by atoms with van der Waals surface area (Å²) in [4.78, 5) is 0. The fourth-order valence-corrected chi connectivity index (χ4v) is 0.798. The van der Waals surface area contributed by atoms with Crippen molar-refractivity contribution in [1.29, 1.82) is 0 Å². The smallest absolute Gasteiger partial charge is 0.187 e. The molecule has 0 amide bonds. The molecule has 1 aromatic rings. The molecular weight excluding hydrogens is 152 g/mol. The van der Waals surface area contributed by atoms with Gasteiger partial charge in [0.2, 0.25) is 0 Å². The van der Waals surface area contributed by atoms with Crippen LogP contribution in [0.15, 0.2) is 36.6 Å². The van der Waals surface area contributed by atoms with Gasteiger partial charge in [-0.2, -0.15) is 0 Å². The summed E-state index contributed by atoms with van der Waals surface area (Å²) in [6, 6.07) is 9.96. The van der Waals surface area contributed by atoms with Gasteiger partial charge in [0.15, 0.2) is 6.79 Å². The first-order chi connectivity index (χ1) is 5.93. The van der Waals surface area contributed by atoms with Gasteiger partial charge in [-0.15, -0.1) is 0 Å². The predicted molar refractivity (Wildman–Crippen MR) is 48.4 cm³/mol. The molecule has 0 aliphatic rings. The van der Waals surface area contributed by atoms with Gasteiger partial charge in [-0.25, -0.2) is 0 Å². The first-order valence-corrected chi connectivity index (χ1v) is 3.75. The average Bonchev–Trinajstić information content (AvgIpc) is 2.14. The predicted octanol–water partition coefficient (Wildman–Crippen LogP) is 2.28. The highest BCUT2D eigenvalue weighted by atomic mass is 16.7. The standard InChI is InChI=1S/C10H12O2/c1-11-9-12-8-7-10-5-3-2-4-6-10/h2-8H,9H2,1H3. The first kappa shape index (κ1) is 8.81. The fraction of sp³-hybridized carbons (Fsp3) is 0.200. The third-order valence-electron chi connectivity index (χ3n) is 1.34. The summed E-state index contributed by atoms with van der Waals surface area (Å²) in [5.41, 5.74) is 1.12. The number of methoxy groups -OCH3 is 1. The molecule has 12 heavy (non-hydrogen) atoms. The summed E-state index contributed by atoms with van der Waals surface area (Å²) in [5.74, 6) is 0. The Morgan fingerprint density at radius 2 is 2.00 bits per heavy atom. The molecule has 0 aliphatic carbocycles. The lowest BCUT2D eigenvalue weighted by Gasteiger charge is -1.96. The Balaban J connectivity index is 2.36. The maximum atomic E-state index is 4.98. The minimum atomic E-state index is 0.295. The van der Waals surface area contributed by atoms with Crippen molar-refractivity contribution in [2.75, 3.05) is 13.9 Å². The van der Waals surface area contributed by atoms with Gasteiger partial charge in [-0.3, -0.25) is 0 Å². The third kappa shape index (κ3) is 3.21. The van der Waals surface area contributed by atoms with Crippen molar-refractivity contribution in [3.8, 4) is 0 Å². The minimum Gasteiger partial charge on any atom is -0.475 e. The molecule has 0 bridgehead atoms. The van der Waals surface area contributed by atoms with Crippen molar-refractivity contribution in [1.82, 2.24) is 0 Å². The summed E-state index contributed by atoms with van der Waals surface area (Å²) in [7, 11) is 1.59. The summed E-state index contributed by atoms with van der Waals surface area (Å²) in [6.07, 6.45) is 3.51. The van der Waals surface area contributed by atoms with E-state index in [0.29, 0.717) is 6.79 Å². The highest BCUT2D eigenvalue weighted by Gasteiger charge is 1.81. The average molecular weight is 164 g/mol. The SMILES string of the molecule is COCOC=Cc1ccccc1. The fourth-order valence-electron chi connectivity index (χ4n) is 0.798. The number of ether oxygens (including phenoxy) is 2. The summed E-state index contributed by atoms with van der Waals surface area (Å²) in [5, 5.41) is 0. The van der Waals surface area contributed by atoms with E-state index in [1.54, 1.807) is 13.4 Å². The van der Waals surface area contributed by atoms with Crippen LogP contribution in [-0.2, 0) is 9.47 Å². The maximum Gasteiger partial charge on any atom is 0.187 e. The van der Waals surface area contributed by atoms with E-state index >= 15 is 0 Å². The summed E-state index contributed by atoms with van der Waals surface area (Å²) >= 11 is 0. The van der Waals surface area contributed by atoms with Crippen LogP contribution in [0.1, 0.15) is 5.56 Å². The monoisotopic (exact) mass is 164 g/mol. The molecule has 0 saturated heterocycles. The van der Waals surface area contributed by atoms with E-state index in [1.165, 1.54) is 0 Å². The molecule has 0 heterocycles. The zero-order valence-corrected chi connectivity index (χ0v) is 7.07. The van der Waals surface area contributed by atoms with Crippen molar-refractivity contribution in [3.63, 3.8) is 0 Å². The highest BCUT2D eigenvalue weighted by Crippen LogP contribution is 2.00. The van der Waals surface area contributed by atoms with Gasteiger partial charge in [0.05, 0.1) is 6.26 Å². The number of hydrogen-bond donors (Lipinski definition) is 0. The number of rotatable bonds is 4. The van der Waals surface area contributed by atoms with Crippen LogP contribution in [0.4, 0.5) is 0 Å². The van der Waals surface area contributed by atoms with Crippen molar-refractivity contribution in [2.45, 2.75) is 0 Å². The van der Waals surface area contributed by atoms with Gasteiger partial charge in [0.1, 0.15) is 0 Å². The first-order valence-electron chi connectivity index (χ1n) is 3.75. The highest BCUT2D eigenvalue weighted by molar-refractivity contribution is 5.47. The quantitative estimate of drug-likeness (QED) is 0.386. The largest absolute Gasteiger partial charge is 0.475 e. The Kier molecular flexibility index (Phi) is 3.95. The van der Waals surface area contributed by atoms with Crippen molar-refractivity contribution in [3.05, 3.63) is 42.2 Å². The van der Waals surface area contributed by atoms with Crippen LogP contribution in [0, 0.1) is 0 Å². The summed E-state index contributed by atoms with van der Waals surface area (Å²) < 4.78 is 9.69. The van der Waals surface area contributed by atoms with E-state index in [-0.39, 0.29) is 0 Å². The van der Waals surface area contributed by atoms with Gasteiger partial charge < -0.3 is 9.47 Å². The van der Waals surface area contributed by atoms with E-state index in [1.807, 2.05) is 36.4 Å². The van der Waals surface area contributed by atoms with Crippen LogP contribution in [0.2, 0.25) is 0 Å². The zero-order chi connectivity index (χ0) is 8.65. The molecule has 1 aromatic carbocycles. The van der Waals surface area contributed by atoms with Crippen molar-refractivity contribution >= 4 is 6.08 Å². The molecule has 0 fully saturated rings. The van der Waals surface area contributed by atoms with Crippen molar-refractivity contribution in [2.24, 2.45) is 0 Å². The second-order valence-electron chi connectivity index (χ2n) is 2.29. The maximum absolute atomic E-state index is 4.98. The van der Waals surface area contributed by atoms with Gasteiger partial charge in [0.25, 0.3) is 0 Å². The molecule has 0 radical (unpaired) electrons. The van der Waals surface area contributed by atoms with E-state index in [9.17, 15) is 0 Å². The Morgan fingerprint density at radius 1 is 1.25 bits per heavy atom. The molecule has 0 aromatic heterocycles. The summed E-state index contributed by atoms with van der Waals surface area (Å²) in [6.45, 7) is 0.295. The van der Waals surface area contributed by atoms with E-state index in [4.69, 9.17) is 9.47 Å². The number of benzene rings is 1. The molecule has 2 heteroatoms. The topological polar surface area (TPSA) is 18.5 Å². The van der Waals surface area contributed by atoms with Crippen LogP contribution < -0.4 is 0 Å². The van der Waals surface area contributed by atoms with Crippen LogP contribution >= 0.6 is 0 Å². The van der Waals surface area contributed by atoms with Crippen LogP contribution in [-0.4, -0.2) is 13.9 Å². The van der Waals surface area contributed by atoms with Gasteiger partial charge in [-0.05, 0) is 11.6 Å². The van der Waals surface area contributed by atoms with Crippen LogP contribution in [0.3, 0.4) is 0 Å². The van der Waals surface area contributed by atoms with Crippen molar-refractivity contribution < 1.29 is 9.47 Å². The molecule has 0 aliphatic heterocycles. The van der Waals surface area contributed by atoms with Crippen LogP contribution in [0.5, 0.6) is 0 Å². The lowest BCUT2D eigenvalue weighted by molar-refractivity contribution is 0.0208. The lowest BCUT2D eigenvalue weighted by Crippen LogP contribution is -1.87. The molecule has 0 unspecified atom stereocenters. The molecule has 2 nitrogen and oxygen atoms in total. The molecule has 64 valence electrons. The lowest BCUT2D eigenvalue weighted by atomic mass is 10.2.